The summed E-state index contributed by atoms with van der Waals surface area (Å²) in [5.74, 6) is 0.418. The zero-order valence-electron chi connectivity index (χ0n) is 13.8. The molecular weight excluding hydrogens is 330 g/mol. The van der Waals surface area contributed by atoms with Gasteiger partial charge in [0.15, 0.2) is 6.61 Å². The molecule has 1 N–H and O–H groups in total. The molecule has 0 fully saturated rings. The molecule has 0 spiro atoms. The van der Waals surface area contributed by atoms with Crippen LogP contribution >= 0.6 is 11.8 Å². The van der Waals surface area contributed by atoms with Crippen LogP contribution in [-0.2, 0) is 15.3 Å². The molecule has 0 saturated heterocycles. The summed E-state index contributed by atoms with van der Waals surface area (Å²) in [5, 5.41) is 7.02. The van der Waals surface area contributed by atoms with E-state index >= 15 is 0 Å². The van der Waals surface area contributed by atoms with Gasteiger partial charge in [0.25, 0.3) is 5.91 Å². The Morgan fingerprint density at radius 3 is 2.83 bits per heavy atom. The molecular formula is C16H19N3O4S. The van der Waals surface area contributed by atoms with E-state index < -0.39 is 5.97 Å². The monoisotopic (exact) mass is 349 g/mol. The highest BCUT2D eigenvalue weighted by Gasteiger charge is 2.17. The summed E-state index contributed by atoms with van der Waals surface area (Å²) >= 11 is 1.39. The number of pyridine rings is 1. The number of aromatic nitrogens is 2. The number of nitrogens with zero attached hydrogens (tertiary/aromatic N) is 2. The van der Waals surface area contributed by atoms with Crippen LogP contribution in [-0.4, -0.2) is 35.2 Å². The molecule has 2 rings (SSSR count). The number of thioether (sulfide) groups is 1. The number of esters is 1. The molecule has 0 aliphatic carbocycles. The first-order valence-corrected chi connectivity index (χ1v) is 8.44. The van der Waals surface area contributed by atoms with Gasteiger partial charge in [-0.15, -0.1) is 11.8 Å². The van der Waals surface area contributed by atoms with Crippen molar-refractivity contribution in [2.45, 2.75) is 31.6 Å². The molecule has 2 heterocycles. The van der Waals surface area contributed by atoms with Gasteiger partial charge >= 0.3 is 5.97 Å². The Morgan fingerprint density at radius 1 is 1.38 bits per heavy atom. The maximum atomic E-state index is 12.2. The molecule has 0 aliphatic heterocycles. The number of ether oxygens (including phenoxy) is 1. The highest BCUT2D eigenvalue weighted by molar-refractivity contribution is 7.98. The lowest BCUT2D eigenvalue weighted by atomic mass is 10.2. The number of rotatable bonds is 7. The number of amides is 1. The van der Waals surface area contributed by atoms with Gasteiger partial charge in [0.2, 0.25) is 0 Å². The fraction of sp³-hybridized carbons (Fsp3) is 0.375. The van der Waals surface area contributed by atoms with Crippen LogP contribution in [0.1, 0.15) is 34.3 Å². The lowest BCUT2D eigenvalue weighted by Gasteiger charge is -2.08. The van der Waals surface area contributed by atoms with E-state index in [1.165, 1.54) is 11.8 Å². The Hall–Kier alpha value is -2.35. The van der Waals surface area contributed by atoms with E-state index in [2.05, 4.69) is 15.5 Å². The minimum absolute atomic E-state index is 0.310. The van der Waals surface area contributed by atoms with E-state index in [4.69, 9.17) is 9.26 Å². The van der Waals surface area contributed by atoms with Crippen LogP contribution < -0.4 is 5.32 Å². The normalized spacial score (nSPS) is 10.5. The number of hydrogen-bond donors (Lipinski definition) is 1. The SMILES string of the molecule is CCNC(=O)COC(=O)c1cccnc1SCc1c(C)noc1C. The second-order valence-corrected chi connectivity index (χ2v) is 5.94. The number of likely N-dealkylation sites (N-methyl/N-ethyl adjacent to an activating group) is 1. The average molecular weight is 349 g/mol. The van der Waals surface area contributed by atoms with Gasteiger partial charge in [0.1, 0.15) is 10.8 Å². The number of hydrogen-bond acceptors (Lipinski definition) is 7. The van der Waals surface area contributed by atoms with Crippen LogP contribution in [0.3, 0.4) is 0 Å². The van der Waals surface area contributed by atoms with Crippen molar-refractivity contribution in [3.8, 4) is 0 Å². The van der Waals surface area contributed by atoms with Gasteiger partial charge in [-0.3, -0.25) is 4.79 Å². The standard InChI is InChI=1S/C16H19N3O4S/c1-4-17-14(20)8-22-16(21)12-6-5-7-18-15(12)24-9-13-10(2)19-23-11(13)3/h5-7H,4,8-9H2,1-3H3,(H,17,20). The summed E-state index contributed by atoms with van der Waals surface area (Å²) in [4.78, 5) is 27.8. The third kappa shape index (κ3) is 4.58. The van der Waals surface area contributed by atoms with Crippen LogP contribution in [0.5, 0.6) is 0 Å². The van der Waals surface area contributed by atoms with Crippen molar-refractivity contribution < 1.29 is 18.8 Å². The lowest BCUT2D eigenvalue weighted by Crippen LogP contribution is -2.28. The summed E-state index contributed by atoms with van der Waals surface area (Å²) in [6.45, 7) is 5.68. The molecule has 8 heteroatoms. The molecule has 0 aromatic carbocycles. The Bertz CT molecular complexity index is 710. The summed E-state index contributed by atoms with van der Waals surface area (Å²) in [6.07, 6.45) is 1.61. The number of nitrogens with one attached hydrogen (secondary N) is 1. The van der Waals surface area contributed by atoms with Crippen LogP contribution in [0.2, 0.25) is 0 Å². The minimum atomic E-state index is -0.574. The first-order valence-electron chi connectivity index (χ1n) is 7.46. The molecule has 0 unspecified atom stereocenters. The Balaban J connectivity index is 2.04. The molecule has 2 aromatic rings. The smallest absolute Gasteiger partial charge is 0.341 e. The third-order valence-corrected chi connectivity index (χ3v) is 4.27. The number of aryl methyl sites for hydroxylation is 2. The van der Waals surface area contributed by atoms with Gasteiger partial charge in [-0.1, -0.05) is 5.16 Å². The zero-order valence-corrected chi connectivity index (χ0v) is 14.6. The van der Waals surface area contributed by atoms with Gasteiger partial charge in [-0.25, -0.2) is 9.78 Å². The lowest BCUT2D eigenvalue weighted by molar-refractivity contribution is -0.124. The van der Waals surface area contributed by atoms with Crippen molar-refractivity contribution in [1.29, 1.82) is 0 Å². The molecule has 0 atom stereocenters. The quantitative estimate of drug-likeness (QED) is 0.605. The molecule has 128 valence electrons. The maximum Gasteiger partial charge on any atom is 0.341 e. The van der Waals surface area contributed by atoms with Crippen molar-refractivity contribution in [2.75, 3.05) is 13.2 Å². The summed E-state index contributed by atoms with van der Waals surface area (Å²) in [6, 6.07) is 3.28. The van der Waals surface area contributed by atoms with Gasteiger partial charge < -0.3 is 14.6 Å². The van der Waals surface area contributed by atoms with Crippen molar-refractivity contribution in [2.24, 2.45) is 0 Å². The van der Waals surface area contributed by atoms with Gasteiger partial charge in [0, 0.05) is 24.1 Å². The molecule has 0 bridgehead atoms. The van der Waals surface area contributed by atoms with E-state index in [1.807, 2.05) is 13.8 Å². The van der Waals surface area contributed by atoms with E-state index in [1.54, 1.807) is 25.3 Å². The van der Waals surface area contributed by atoms with Crippen LogP contribution in [0.15, 0.2) is 27.9 Å². The van der Waals surface area contributed by atoms with Crippen molar-refractivity contribution in [1.82, 2.24) is 15.5 Å². The summed E-state index contributed by atoms with van der Waals surface area (Å²) < 4.78 is 10.2. The third-order valence-electron chi connectivity index (χ3n) is 3.23. The predicted molar refractivity (Wildman–Crippen MR) is 88.7 cm³/mol. The second kappa shape index (κ2) is 8.49. The van der Waals surface area contributed by atoms with Crippen LogP contribution in [0.4, 0.5) is 0 Å². The van der Waals surface area contributed by atoms with Crippen molar-refractivity contribution >= 4 is 23.6 Å². The van der Waals surface area contributed by atoms with Crippen LogP contribution in [0, 0.1) is 13.8 Å². The van der Waals surface area contributed by atoms with E-state index in [-0.39, 0.29) is 12.5 Å². The minimum Gasteiger partial charge on any atom is -0.452 e. The summed E-state index contributed by atoms with van der Waals surface area (Å²) in [5.41, 5.74) is 2.13. The predicted octanol–water partition coefficient (Wildman–Crippen LogP) is 2.27. The molecule has 7 nitrogen and oxygen atoms in total. The molecule has 0 saturated carbocycles. The highest BCUT2D eigenvalue weighted by Crippen LogP contribution is 2.27. The maximum absolute atomic E-state index is 12.2. The van der Waals surface area contributed by atoms with Gasteiger partial charge in [0.05, 0.1) is 11.3 Å². The highest BCUT2D eigenvalue weighted by atomic mass is 32.2. The molecule has 24 heavy (non-hydrogen) atoms. The number of carbonyl (C=O) groups excluding carboxylic acids is 2. The fourth-order valence-corrected chi connectivity index (χ4v) is 3.10. The fourth-order valence-electron chi connectivity index (χ4n) is 1.97. The largest absolute Gasteiger partial charge is 0.452 e. The average Bonchev–Trinajstić information content (AvgIpc) is 2.89. The second-order valence-electron chi connectivity index (χ2n) is 4.98. The Kier molecular flexibility index (Phi) is 6.36. The van der Waals surface area contributed by atoms with Crippen molar-refractivity contribution in [3.63, 3.8) is 0 Å². The van der Waals surface area contributed by atoms with E-state index in [0.29, 0.717) is 22.9 Å². The summed E-state index contributed by atoms with van der Waals surface area (Å²) in [7, 11) is 0. The molecule has 2 aromatic heterocycles. The molecule has 0 radical (unpaired) electrons. The van der Waals surface area contributed by atoms with E-state index in [9.17, 15) is 9.59 Å². The number of carbonyl (C=O) groups is 2. The van der Waals surface area contributed by atoms with Gasteiger partial charge in [-0.2, -0.15) is 0 Å². The van der Waals surface area contributed by atoms with Crippen LogP contribution in [0.25, 0.3) is 0 Å². The molecule has 0 aliphatic rings. The van der Waals surface area contributed by atoms with Crippen molar-refractivity contribution in [3.05, 3.63) is 40.9 Å². The Labute approximate surface area is 144 Å². The van der Waals surface area contributed by atoms with Gasteiger partial charge in [-0.05, 0) is 32.9 Å². The Morgan fingerprint density at radius 2 is 2.17 bits per heavy atom. The molecule has 1 amide bonds. The topological polar surface area (TPSA) is 94.3 Å². The van der Waals surface area contributed by atoms with E-state index in [0.717, 1.165) is 17.0 Å². The first kappa shape index (κ1) is 18.0. The zero-order chi connectivity index (χ0) is 17.5. The first-order chi connectivity index (χ1) is 11.5.